The van der Waals surface area contributed by atoms with Gasteiger partial charge < -0.3 is 25.1 Å². The molecule has 8 heteroatoms. The molecule has 0 saturated carbocycles. The standard InChI is InChI=1S/C20H20ClN3O4/c1-27-17-5-3-4-15-13(17)11-16(24-15)20(26)22-9-8-19(25)23-12-6-7-18(28-2)14(21)10-12/h3-7,10-11,24H,8-9H2,1-2H3,(H,22,26)(H,23,25). The molecule has 28 heavy (non-hydrogen) atoms. The Kier molecular flexibility index (Phi) is 6.06. The molecule has 2 amide bonds. The van der Waals surface area contributed by atoms with E-state index in [2.05, 4.69) is 15.6 Å². The second-order valence-corrected chi connectivity index (χ2v) is 6.42. The predicted molar refractivity (Wildman–Crippen MR) is 108 cm³/mol. The molecule has 0 fully saturated rings. The van der Waals surface area contributed by atoms with Crippen LogP contribution >= 0.6 is 11.6 Å². The smallest absolute Gasteiger partial charge is 0.267 e. The van der Waals surface area contributed by atoms with Gasteiger partial charge in [0.1, 0.15) is 17.2 Å². The molecule has 1 heterocycles. The van der Waals surface area contributed by atoms with Gasteiger partial charge in [-0.2, -0.15) is 0 Å². The molecule has 0 spiro atoms. The van der Waals surface area contributed by atoms with Crippen molar-refractivity contribution in [2.45, 2.75) is 6.42 Å². The number of carbonyl (C=O) groups excluding carboxylic acids is 2. The Hall–Kier alpha value is -3.19. The maximum Gasteiger partial charge on any atom is 0.267 e. The van der Waals surface area contributed by atoms with Crippen LogP contribution in [0.4, 0.5) is 5.69 Å². The molecular weight excluding hydrogens is 382 g/mol. The fraction of sp³-hybridized carbons (Fsp3) is 0.200. The van der Waals surface area contributed by atoms with Crippen molar-refractivity contribution >= 4 is 40.0 Å². The Morgan fingerprint density at radius 3 is 2.57 bits per heavy atom. The summed E-state index contributed by atoms with van der Waals surface area (Å²) in [5, 5.41) is 6.68. The fourth-order valence-electron chi connectivity index (χ4n) is 2.78. The van der Waals surface area contributed by atoms with Crippen LogP contribution in [0.2, 0.25) is 5.02 Å². The molecule has 3 rings (SSSR count). The predicted octanol–water partition coefficient (Wildman–Crippen LogP) is 3.60. The van der Waals surface area contributed by atoms with Gasteiger partial charge in [-0.05, 0) is 36.4 Å². The van der Waals surface area contributed by atoms with E-state index in [-0.39, 0.29) is 24.8 Å². The van der Waals surface area contributed by atoms with E-state index < -0.39 is 0 Å². The van der Waals surface area contributed by atoms with Gasteiger partial charge in [0, 0.05) is 29.6 Å². The second-order valence-electron chi connectivity index (χ2n) is 6.01. The van der Waals surface area contributed by atoms with E-state index in [1.807, 2.05) is 18.2 Å². The van der Waals surface area contributed by atoms with Gasteiger partial charge >= 0.3 is 0 Å². The van der Waals surface area contributed by atoms with Crippen molar-refractivity contribution in [1.82, 2.24) is 10.3 Å². The monoisotopic (exact) mass is 401 g/mol. The molecule has 0 radical (unpaired) electrons. The summed E-state index contributed by atoms with van der Waals surface area (Å²) in [4.78, 5) is 27.4. The molecule has 2 aromatic carbocycles. The van der Waals surface area contributed by atoms with E-state index in [0.29, 0.717) is 27.9 Å². The quantitative estimate of drug-likeness (QED) is 0.564. The van der Waals surface area contributed by atoms with Crippen molar-refractivity contribution < 1.29 is 19.1 Å². The normalized spacial score (nSPS) is 10.5. The highest BCUT2D eigenvalue weighted by Crippen LogP contribution is 2.27. The van der Waals surface area contributed by atoms with Gasteiger partial charge in [0.15, 0.2) is 0 Å². The molecule has 3 aromatic rings. The van der Waals surface area contributed by atoms with Crippen LogP contribution in [0.25, 0.3) is 10.9 Å². The number of rotatable bonds is 7. The zero-order valence-corrected chi connectivity index (χ0v) is 16.2. The van der Waals surface area contributed by atoms with Gasteiger partial charge in [-0.25, -0.2) is 0 Å². The zero-order valence-electron chi connectivity index (χ0n) is 15.5. The van der Waals surface area contributed by atoms with E-state index >= 15 is 0 Å². The molecule has 146 valence electrons. The number of anilines is 1. The van der Waals surface area contributed by atoms with Crippen LogP contribution in [0, 0.1) is 0 Å². The van der Waals surface area contributed by atoms with Crippen molar-refractivity contribution in [3.05, 3.63) is 53.2 Å². The highest BCUT2D eigenvalue weighted by molar-refractivity contribution is 6.32. The van der Waals surface area contributed by atoms with Gasteiger partial charge in [-0.3, -0.25) is 9.59 Å². The van der Waals surface area contributed by atoms with Crippen LogP contribution in [0.15, 0.2) is 42.5 Å². The van der Waals surface area contributed by atoms with Gasteiger partial charge in [0.2, 0.25) is 5.91 Å². The van der Waals surface area contributed by atoms with Gasteiger partial charge in [0.05, 0.1) is 19.2 Å². The van der Waals surface area contributed by atoms with Crippen molar-refractivity contribution in [2.24, 2.45) is 0 Å². The summed E-state index contributed by atoms with van der Waals surface area (Å²) in [6, 6.07) is 12.2. The minimum absolute atomic E-state index is 0.124. The van der Waals surface area contributed by atoms with Crippen molar-refractivity contribution in [3.8, 4) is 11.5 Å². The molecule has 0 saturated heterocycles. The van der Waals surface area contributed by atoms with E-state index in [1.54, 1.807) is 31.4 Å². The van der Waals surface area contributed by atoms with Gasteiger partial charge in [-0.1, -0.05) is 17.7 Å². The number of methoxy groups -OCH3 is 2. The summed E-state index contributed by atoms with van der Waals surface area (Å²) >= 11 is 6.04. The molecule has 0 bridgehead atoms. The highest BCUT2D eigenvalue weighted by Gasteiger charge is 2.12. The van der Waals surface area contributed by atoms with Crippen LogP contribution < -0.4 is 20.1 Å². The van der Waals surface area contributed by atoms with E-state index in [0.717, 1.165) is 10.9 Å². The number of aromatic nitrogens is 1. The zero-order chi connectivity index (χ0) is 20.1. The van der Waals surface area contributed by atoms with Crippen LogP contribution in [-0.2, 0) is 4.79 Å². The summed E-state index contributed by atoms with van der Waals surface area (Å²) in [6.45, 7) is 0.195. The number of carbonyl (C=O) groups is 2. The van der Waals surface area contributed by atoms with Crippen LogP contribution in [0.3, 0.4) is 0 Å². The van der Waals surface area contributed by atoms with Crippen molar-refractivity contribution in [3.63, 3.8) is 0 Å². The minimum Gasteiger partial charge on any atom is -0.496 e. The Bertz CT molecular complexity index is 1020. The fourth-order valence-corrected chi connectivity index (χ4v) is 3.04. The Morgan fingerprint density at radius 2 is 1.86 bits per heavy atom. The van der Waals surface area contributed by atoms with E-state index in [4.69, 9.17) is 21.1 Å². The lowest BCUT2D eigenvalue weighted by molar-refractivity contribution is -0.116. The number of benzene rings is 2. The van der Waals surface area contributed by atoms with Gasteiger partial charge in [-0.15, -0.1) is 0 Å². The van der Waals surface area contributed by atoms with Gasteiger partial charge in [0.25, 0.3) is 5.91 Å². The average Bonchev–Trinajstić information content (AvgIpc) is 3.12. The number of hydrogen-bond acceptors (Lipinski definition) is 4. The van der Waals surface area contributed by atoms with Crippen molar-refractivity contribution in [1.29, 1.82) is 0 Å². The first kappa shape index (κ1) is 19.6. The Labute approximate surface area is 167 Å². The summed E-state index contributed by atoms with van der Waals surface area (Å²) < 4.78 is 10.4. The first-order valence-electron chi connectivity index (χ1n) is 8.59. The minimum atomic E-state index is -0.293. The van der Waals surface area contributed by atoms with Crippen LogP contribution in [0.5, 0.6) is 11.5 Å². The highest BCUT2D eigenvalue weighted by atomic mass is 35.5. The van der Waals surface area contributed by atoms with Crippen LogP contribution in [0.1, 0.15) is 16.9 Å². The molecule has 0 aliphatic heterocycles. The summed E-state index contributed by atoms with van der Waals surface area (Å²) in [5.41, 5.74) is 1.77. The molecule has 3 N–H and O–H groups in total. The molecule has 1 aromatic heterocycles. The van der Waals surface area contributed by atoms with E-state index in [1.165, 1.54) is 7.11 Å². The first-order chi connectivity index (χ1) is 13.5. The third-order valence-corrected chi connectivity index (χ3v) is 4.46. The number of fused-ring (bicyclic) bond motifs is 1. The molecule has 0 unspecified atom stereocenters. The molecular formula is C20H20ClN3O4. The Balaban J connectivity index is 1.54. The molecule has 0 aliphatic carbocycles. The average molecular weight is 402 g/mol. The van der Waals surface area contributed by atoms with E-state index in [9.17, 15) is 9.59 Å². The van der Waals surface area contributed by atoms with Crippen LogP contribution in [-0.4, -0.2) is 37.6 Å². The topological polar surface area (TPSA) is 92.5 Å². The lowest BCUT2D eigenvalue weighted by atomic mass is 10.2. The summed E-state index contributed by atoms with van der Waals surface area (Å²) in [6.07, 6.45) is 0.124. The number of halogens is 1. The number of aromatic amines is 1. The maximum absolute atomic E-state index is 12.3. The van der Waals surface area contributed by atoms with Crippen molar-refractivity contribution in [2.75, 3.05) is 26.1 Å². The third kappa shape index (κ3) is 4.37. The number of H-pyrrole nitrogens is 1. The molecule has 0 atom stereocenters. The summed E-state index contributed by atoms with van der Waals surface area (Å²) in [7, 11) is 3.10. The first-order valence-corrected chi connectivity index (χ1v) is 8.97. The second kappa shape index (κ2) is 8.67. The maximum atomic E-state index is 12.3. The number of hydrogen-bond donors (Lipinski definition) is 3. The largest absolute Gasteiger partial charge is 0.496 e. The lowest BCUT2D eigenvalue weighted by Crippen LogP contribution is -2.27. The molecule has 7 nitrogen and oxygen atoms in total. The third-order valence-electron chi connectivity index (χ3n) is 4.16. The number of nitrogens with one attached hydrogen (secondary N) is 3. The lowest BCUT2D eigenvalue weighted by Gasteiger charge is -2.08. The molecule has 0 aliphatic rings. The summed E-state index contributed by atoms with van der Waals surface area (Å²) in [5.74, 6) is 0.686. The Morgan fingerprint density at radius 1 is 1.07 bits per heavy atom. The number of ether oxygens (including phenoxy) is 2. The SMILES string of the molecule is COc1ccc(NC(=O)CCNC(=O)c2cc3c(OC)cccc3[nH]2)cc1Cl. The number of amides is 2.